The second kappa shape index (κ2) is 7.80. The van der Waals surface area contributed by atoms with E-state index >= 15 is 0 Å². The average molecular weight is 394 g/mol. The van der Waals surface area contributed by atoms with Crippen molar-refractivity contribution in [2.24, 2.45) is 5.92 Å². The van der Waals surface area contributed by atoms with Crippen LogP contribution in [0.3, 0.4) is 0 Å². The summed E-state index contributed by atoms with van der Waals surface area (Å²) in [4.78, 5) is 23.8. The summed E-state index contributed by atoms with van der Waals surface area (Å²) in [5.74, 6) is -1.41. The number of hydrogen-bond donors (Lipinski definition) is 1. The fraction of sp³-hybridized carbons (Fsp3) is 0.400. The standard InChI is InChI=1S/C15H18N6O5S/c1-26-15(23)12-6-8-20(9-7-12)27(24,25)17-14(22)11-2-4-13(5-3-11)21-10-16-18-19-21/h2-5,10,12H,6-9H2,1H3,(H,17,22). The van der Waals surface area contributed by atoms with Gasteiger partial charge in [-0.05, 0) is 47.5 Å². The molecule has 0 saturated carbocycles. The van der Waals surface area contributed by atoms with Gasteiger partial charge in [-0.15, -0.1) is 5.10 Å². The minimum atomic E-state index is -4.00. The van der Waals surface area contributed by atoms with E-state index in [9.17, 15) is 18.0 Å². The highest BCUT2D eigenvalue weighted by molar-refractivity contribution is 7.87. The average Bonchev–Trinajstić information content (AvgIpc) is 3.22. The molecule has 144 valence electrons. The van der Waals surface area contributed by atoms with E-state index in [1.54, 1.807) is 12.1 Å². The summed E-state index contributed by atoms with van der Waals surface area (Å²) < 4.78 is 34.1. The van der Waals surface area contributed by atoms with Gasteiger partial charge in [-0.25, -0.2) is 9.40 Å². The van der Waals surface area contributed by atoms with E-state index in [1.807, 2.05) is 0 Å². The molecule has 3 rings (SSSR count). The molecule has 11 nitrogen and oxygen atoms in total. The molecule has 1 aliphatic rings. The largest absolute Gasteiger partial charge is 0.469 e. The van der Waals surface area contributed by atoms with Gasteiger partial charge >= 0.3 is 16.2 Å². The van der Waals surface area contributed by atoms with Crippen LogP contribution in [0.2, 0.25) is 0 Å². The van der Waals surface area contributed by atoms with Gasteiger partial charge in [-0.2, -0.15) is 12.7 Å². The minimum Gasteiger partial charge on any atom is -0.469 e. The summed E-state index contributed by atoms with van der Waals surface area (Å²) >= 11 is 0. The van der Waals surface area contributed by atoms with Crippen molar-refractivity contribution in [1.82, 2.24) is 29.2 Å². The summed E-state index contributed by atoms with van der Waals surface area (Å²) in [6, 6.07) is 6.15. The molecule has 12 heteroatoms. The third kappa shape index (κ3) is 4.28. The van der Waals surface area contributed by atoms with Crippen LogP contribution in [0.1, 0.15) is 23.2 Å². The van der Waals surface area contributed by atoms with Gasteiger partial charge in [0.1, 0.15) is 6.33 Å². The molecule has 2 heterocycles. The number of tetrazole rings is 1. The molecular formula is C15H18N6O5S. The lowest BCUT2D eigenvalue weighted by atomic mass is 9.99. The molecule has 1 amide bonds. The van der Waals surface area contributed by atoms with E-state index in [4.69, 9.17) is 0 Å². The van der Waals surface area contributed by atoms with Crippen LogP contribution in [-0.4, -0.2) is 65.0 Å². The summed E-state index contributed by atoms with van der Waals surface area (Å²) in [7, 11) is -2.69. The molecule has 1 aromatic carbocycles. The first-order valence-electron chi connectivity index (χ1n) is 8.14. The maximum atomic E-state index is 12.4. The Kier molecular flexibility index (Phi) is 5.46. The number of ether oxygens (including phenoxy) is 1. The van der Waals surface area contributed by atoms with E-state index in [1.165, 1.54) is 30.3 Å². The van der Waals surface area contributed by atoms with Crippen molar-refractivity contribution >= 4 is 22.1 Å². The second-order valence-corrected chi connectivity index (χ2v) is 7.60. The summed E-state index contributed by atoms with van der Waals surface area (Å²) in [6.07, 6.45) is 2.10. The van der Waals surface area contributed by atoms with Gasteiger partial charge in [0.05, 0.1) is 18.7 Å². The Labute approximate surface area is 155 Å². The first-order chi connectivity index (χ1) is 12.9. The number of rotatable bonds is 5. The lowest BCUT2D eigenvalue weighted by molar-refractivity contribution is -0.146. The fourth-order valence-corrected chi connectivity index (χ4v) is 3.96. The zero-order valence-electron chi connectivity index (χ0n) is 14.5. The molecule has 2 aromatic rings. The highest BCUT2D eigenvalue weighted by Crippen LogP contribution is 2.20. The van der Waals surface area contributed by atoms with E-state index in [0.29, 0.717) is 18.5 Å². The van der Waals surface area contributed by atoms with Crippen LogP contribution >= 0.6 is 0 Å². The molecule has 0 atom stereocenters. The quantitative estimate of drug-likeness (QED) is 0.672. The number of piperidine rings is 1. The molecule has 0 bridgehead atoms. The van der Waals surface area contributed by atoms with E-state index in [-0.39, 0.29) is 30.5 Å². The summed E-state index contributed by atoms with van der Waals surface area (Å²) in [5.41, 5.74) is 0.809. The van der Waals surface area contributed by atoms with Crippen molar-refractivity contribution in [1.29, 1.82) is 0 Å². The lowest BCUT2D eigenvalue weighted by Gasteiger charge is -2.29. The van der Waals surface area contributed by atoms with Crippen LogP contribution in [0, 0.1) is 5.92 Å². The van der Waals surface area contributed by atoms with Crippen LogP contribution in [0.15, 0.2) is 30.6 Å². The number of nitrogens with one attached hydrogen (secondary N) is 1. The first-order valence-corrected chi connectivity index (χ1v) is 9.58. The third-order valence-electron chi connectivity index (χ3n) is 4.29. The molecular weight excluding hydrogens is 376 g/mol. The van der Waals surface area contributed by atoms with Crippen LogP contribution in [0.5, 0.6) is 0 Å². The Morgan fingerprint density at radius 2 is 1.85 bits per heavy atom. The Morgan fingerprint density at radius 3 is 2.41 bits per heavy atom. The number of carbonyl (C=O) groups is 2. The molecule has 1 saturated heterocycles. The van der Waals surface area contributed by atoms with Crippen molar-refractivity contribution < 1.29 is 22.7 Å². The zero-order valence-corrected chi connectivity index (χ0v) is 15.3. The molecule has 1 N–H and O–H groups in total. The Hall–Kier alpha value is -2.86. The van der Waals surface area contributed by atoms with Crippen molar-refractivity contribution in [3.05, 3.63) is 36.2 Å². The summed E-state index contributed by atoms with van der Waals surface area (Å²) in [5, 5.41) is 10.8. The monoisotopic (exact) mass is 394 g/mol. The maximum absolute atomic E-state index is 12.4. The lowest BCUT2D eigenvalue weighted by Crippen LogP contribution is -2.47. The van der Waals surface area contributed by atoms with Crippen LogP contribution in [-0.2, 0) is 19.7 Å². The Bertz CT molecular complexity index is 905. The second-order valence-electron chi connectivity index (χ2n) is 5.93. The number of hydrogen-bond acceptors (Lipinski definition) is 8. The van der Waals surface area contributed by atoms with E-state index in [2.05, 4.69) is 25.0 Å². The normalized spacial score (nSPS) is 16.0. The van der Waals surface area contributed by atoms with Gasteiger partial charge in [-0.1, -0.05) is 0 Å². The smallest absolute Gasteiger partial charge is 0.308 e. The topological polar surface area (TPSA) is 136 Å². The van der Waals surface area contributed by atoms with Gasteiger partial charge in [-0.3, -0.25) is 9.59 Å². The SMILES string of the molecule is COC(=O)C1CCN(S(=O)(=O)NC(=O)c2ccc(-n3cnnn3)cc2)CC1. The van der Waals surface area contributed by atoms with E-state index < -0.39 is 16.1 Å². The van der Waals surface area contributed by atoms with Gasteiger partial charge in [0.25, 0.3) is 5.91 Å². The van der Waals surface area contributed by atoms with Crippen molar-refractivity contribution in [2.45, 2.75) is 12.8 Å². The molecule has 0 spiro atoms. The van der Waals surface area contributed by atoms with Gasteiger partial charge in [0.2, 0.25) is 0 Å². The fourth-order valence-electron chi connectivity index (χ4n) is 2.78. The number of esters is 1. The molecule has 27 heavy (non-hydrogen) atoms. The molecule has 1 aromatic heterocycles. The third-order valence-corrected chi connectivity index (χ3v) is 5.78. The van der Waals surface area contributed by atoms with Crippen molar-refractivity contribution in [3.63, 3.8) is 0 Å². The predicted octanol–water partition coefficient (Wildman–Crippen LogP) is -0.478. The van der Waals surface area contributed by atoms with Crippen LogP contribution in [0.4, 0.5) is 0 Å². The van der Waals surface area contributed by atoms with Crippen LogP contribution < -0.4 is 4.72 Å². The molecule has 0 radical (unpaired) electrons. The van der Waals surface area contributed by atoms with Crippen molar-refractivity contribution in [2.75, 3.05) is 20.2 Å². The summed E-state index contributed by atoms with van der Waals surface area (Å²) in [6.45, 7) is 0.279. The number of amides is 1. The van der Waals surface area contributed by atoms with Gasteiger partial charge in [0.15, 0.2) is 0 Å². The van der Waals surface area contributed by atoms with Gasteiger partial charge in [0, 0.05) is 18.7 Å². The number of nitrogens with zero attached hydrogens (tertiary/aromatic N) is 5. The predicted molar refractivity (Wildman–Crippen MR) is 91.9 cm³/mol. The Morgan fingerprint density at radius 1 is 1.19 bits per heavy atom. The molecule has 1 fully saturated rings. The highest BCUT2D eigenvalue weighted by Gasteiger charge is 2.32. The number of benzene rings is 1. The highest BCUT2D eigenvalue weighted by atomic mass is 32.2. The van der Waals surface area contributed by atoms with Crippen molar-refractivity contribution in [3.8, 4) is 5.69 Å². The molecule has 0 unspecified atom stereocenters. The number of carbonyl (C=O) groups excluding carboxylic acids is 2. The first kappa shape index (κ1) is 18.9. The number of methoxy groups -OCH3 is 1. The van der Waals surface area contributed by atoms with Crippen LogP contribution in [0.25, 0.3) is 5.69 Å². The molecule has 1 aliphatic heterocycles. The molecule has 0 aliphatic carbocycles. The Balaban J connectivity index is 1.62. The van der Waals surface area contributed by atoms with E-state index in [0.717, 1.165) is 4.31 Å². The number of aromatic nitrogens is 4. The zero-order chi connectivity index (χ0) is 19.4. The minimum absolute atomic E-state index is 0.140. The van der Waals surface area contributed by atoms with Gasteiger partial charge < -0.3 is 4.74 Å². The maximum Gasteiger partial charge on any atom is 0.308 e.